The van der Waals surface area contributed by atoms with Gasteiger partial charge in [-0.2, -0.15) is 0 Å². The maximum Gasteiger partial charge on any atom is 0.148 e. The van der Waals surface area contributed by atoms with Crippen molar-refractivity contribution in [1.82, 2.24) is 9.55 Å². The Kier molecular flexibility index (Phi) is 3.95. The fraction of sp³-hybridized carbons (Fsp3) is 0.133. The largest absolute Gasteiger partial charge is 0.291 e. The molecule has 3 rings (SSSR count). The quantitative estimate of drug-likeness (QED) is 0.502. The summed E-state index contributed by atoms with van der Waals surface area (Å²) < 4.78 is 16.7. The molecular weight excluding hydrogens is 378 g/mol. The van der Waals surface area contributed by atoms with E-state index in [1.165, 1.54) is 6.07 Å². The van der Waals surface area contributed by atoms with Gasteiger partial charge in [-0.3, -0.25) is 4.57 Å². The molecule has 2 nitrogen and oxygen atoms in total. The molecule has 0 aliphatic carbocycles. The molecule has 2 aromatic carbocycles. The van der Waals surface area contributed by atoms with Crippen molar-refractivity contribution in [1.29, 1.82) is 0 Å². The zero-order valence-electron chi connectivity index (χ0n) is 10.9. The van der Waals surface area contributed by atoms with Crippen LogP contribution in [0.15, 0.2) is 40.9 Å². The Hall–Kier alpha value is -1.10. The van der Waals surface area contributed by atoms with E-state index < -0.39 is 0 Å². The molecule has 1 aromatic heterocycles. The molecule has 6 heteroatoms. The predicted molar refractivity (Wildman–Crippen MR) is 88.0 cm³/mol. The third-order valence-electron chi connectivity index (χ3n) is 3.16. The van der Waals surface area contributed by atoms with Gasteiger partial charge in [0.05, 0.1) is 27.1 Å². The van der Waals surface area contributed by atoms with E-state index in [0.29, 0.717) is 32.0 Å². The molecule has 3 aromatic rings. The molecule has 1 unspecified atom stereocenters. The number of nitrogens with zero attached hydrogens (tertiary/aromatic N) is 2. The van der Waals surface area contributed by atoms with E-state index >= 15 is 0 Å². The van der Waals surface area contributed by atoms with E-state index in [4.69, 9.17) is 23.2 Å². The van der Waals surface area contributed by atoms with Gasteiger partial charge >= 0.3 is 0 Å². The zero-order valence-corrected chi connectivity index (χ0v) is 14.0. The Morgan fingerprint density at radius 2 is 2.05 bits per heavy atom. The van der Waals surface area contributed by atoms with Crippen LogP contribution in [0.1, 0.15) is 18.1 Å². The smallest absolute Gasteiger partial charge is 0.148 e. The summed E-state index contributed by atoms with van der Waals surface area (Å²) in [5.41, 5.74) is 1.71. The first-order chi connectivity index (χ1) is 9.99. The van der Waals surface area contributed by atoms with Crippen LogP contribution in [0.4, 0.5) is 4.39 Å². The lowest BCUT2D eigenvalue weighted by Crippen LogP contribution is -2.04. The normalized spacial score (nSPS) is 12.8. The van der Waals surface area contributed by atoms with Crippen LogP contribution in [-0.2, 0) is 0 Å². The lowest BCUT2D eigenvalue weighted by molar-refractivity contribution is 0.615. The van der Waals surface area contributed by atoms with Gasteiger partial charge in [0.15, 0.2) is 0 Å². The molecule has 1 atom stereocenters. The second kappa shape index (κ2) is 5.59. The topological polar surface area (TPSA) is 17.8 Å². The third-order valence-corrected chi connectivity index (χ3v) is 4.15. The fourth-order valence-electron chi connectivity index (χ4n) is 2.28. The summed E-state index contributed by atoms with van der Waals surface area (Å²) in [6, 6.07) is 10.2. The molecule has 0 fully saturated rings. The molecule has 0 saturated carbocycles. The maximum atomic E-state index is 14.4. The third kappa shape index (κ3) is 2.56. The summed E-state index contributed by atoms with van der Waals surface area (Å²) in [6.07, 6.45) is 0. The first kappa shape index (κ1) is 14.8. The van der Waals surface area contributed by atoms with E-state index in [9.17, 15) is 4.39 Å². The fourth-order valence-corrected chi connectivity index (χ4v) is 3.01. The summed E-state index contributed by atoms with van der Waals surface area (Å²) in [5, 5.41) is 0.127. The van der Waals surface area contributed by atoms with Gasteiger partial charge in [-0.15, -0.1) is 11.6 Å². The highest BCUT2D eigenvalue weighted by molar-refractivity contribution is 9.10. The van der Waals surface area contributed by atoms with Crippen LogP contribution in [0.2, 0.25) is 5.02 Å². The standard InChI is InChI=1S/C15H10BrCl2FN2/c1-8(17)15-20-12-4-2-3-10(18)14(12)21(15)13-6-5-9(16)7-11(13)19/h2-8H,1H3. The molecule has 0 aliphatic rings. The SMILES string of the molecule is CC(Cl)c1nc2cccc(Cl)c2n1-c1ccc(Br)cc1F. The zero-order chi connectivity index (χ0) is 15.1. The Morgan fingerprint density at radius 3 is 2.71 bits per heavy atom. The Balaban J connectivity index is 2.41. The highest BCUT2D eigenvalue weighted by atomic mass is 79.9. The molecule has 0 saturated heterocycles. The van der Waals surface area contributed by atoms with Gasteiger partial charge in [0, 0.05) is 4.47 Å². The van der Waals surface area contributed by atoms with Gasteiger partial charge in [0.2, 0.25) is 0 Å². The number of benzene rings is 2. The van der Waals surface area contributed by atoms with Crippen molar-refractivity contribution in [2.45, 2.75) is 12.3 Å². The van der Waals surface area contributed by atoms with Crippen LogP contribution in [0.5, 0.6) is 0 Å². The number of para-hydroxylation sites is 1. The van der Waals surface area contributed by atoms with Gasteiger partial charge in [0.25, 0.3) is 0 Å². The second-order valence-corrected chi connectivity index (χ2v) is 6.60. The highest BCUT2D eigenvalue weighted by Crippen LogP contribution is 2.33. The van der Waals surface area contributed by atoms with Gasteiger partial charge in [0.1, 0.15) is 11.6 Å². The van der Waals surface area contributed by atoms with Gasteiger partial charge in [-0.05, 0) is 37.3 Å². The van der Waals surface area contributed by atoms with Crippen molar-refractivity contribution in [3.05, 3.63) is 57.5 Å². The van der Waals surface area contributed by atoms with Gasteiger partial charge in [-0.1, -0.05) is 33.6 Å². The summed E-state index contributed by atoms with van der Waals surface area (Å²) in [7, 11) is 0. The van der Waals surface area contributed by atoms with E-state index in [1.807, 2.05) is 12.1 Å². The molecule has 1 heterocycles. The molecule has 0 aliphatic heterocycles. The molecule has 21 heavy (non-hydrogen) atoms. The number of alkyl halides is 1. The van der Waals surface area contributed by atoms with E-state index in [0.717, 1.165) is 0 Å². The van der Waals surface area contributed by atoms with E-state index in [-0.39, 0.29) is 11.2 Å². The number of hydrogen-bond donors (Lipinski definition) is 0. The Labute approximate surface area is 139 Å². The lowest BCUT2D eigenvalue weighted by Gasteiger charge is -2.12. The van der Waals surface area contributed by atoms with Crippen molar-refractivity contribution < 1.29 is 4.39 Å². The number of fused-ring (bicyclic) bond motifs is 1. The van der Waals surface area contributed by atoms with Crippen molar-refractivity contribution in [2.24, 2.45) is 0 Å². The lowest BCUT2D eigenvalue weighted by atomic mass is 10.2. The minimum absolute atomic E-state index is 0.372. The average Bonchev–Trinajstić information content (AvgIpc) is 2.80. The number of aromatic nitrogens is 2. The summed E-state index contributed by atoms with van der Waals surface area (Å²) in [5.74, 6) is 0.183. The monoisotopic (exact) mass is 386 g/mol. The second-order valence-electron chi connectivity index (χ2n) is 4.62. The number of hydrogen-bond acceptors (Lipinski definition) is 1. The Bertz CT molecular complexity index is 830. The number of rotatable bonds is 2. The maximum absolute atomic E-state index is 14.4. The molecule has 0 bridgehead atoms. The molecule has 0 radical (unpaired) electrons. The van der Waals surface area contributed by atoms with Crippen molar-refractivity contribution in [3.8, 4) is 5.69 Å². The van der Waals surface area contributed by atoms with Gasteiger partial charge < -0.3 is 0 Å². The molecule has 0 amide bonds. The van der Waals surface area contributed by atoms with Crippen molar-refractivity contribution >= 4 is 50.2 Å². The van der Waals surface area contributed by atoms with E-state index in [1.54, 1.807) is 29.7 Å². The minimum Gasteiger partial charge on any atom is -0.291 e. The van der Waals surface area contributed by atoms with Crippen LogP contribution < -0.4 is 0 Å². The molecule has 108 valence electrons. The molecular formula is C15H10BrCl2FN2. The summed E-state index contributed by atoms with van der Waals surface area (Å²) >= 11 is 15.7. The number of halogens is 4. The van der Waals surface area contributed by atoms with Crippen molar-refractivity contribution in [2.75, 3.05) is 0 Å². The van der Waals surface area contributed by atoms with Gasteiger partial charge in [-0.25, -0.2) is 9.37 Å². The first-order valence-electron chi connectivity index (χ1n) is 6.25. The molecule has 0 spiro atoms. The van der Waals surface area contributed by atoms with Crippen LogP contribution in [0, 0.1) is 5.82 Å². The highest BCUT2D eigenvalue weighted by Gasteiger charge is 2.20. The van der Waals surface area contributed by atoms with Crippen LogP contribution >= 0.6 is 39.1 Å². The van der Waals surface area contributed by atoms with Crippen LogP contribution in [0.3, 0.4) is 0 Å². The Morgan fingerprint density at radius 1 is 1.29 bits per heavy atom. The van der Waals surface area contributed by atoms with Crippen LogP contribution in [-0.4, -0.2) is 9.55 Å². The predicted octanol–water partition coefficient (Wildman–Crippen LogP) is 5.88. The van der Waals surface area contributed by atoms with E-state index in [2.05, 4.69) is 20.9 Å². The van der Waals surface area contributed by atoms with Crippen LogP contribution in [0.25, 0.3) is 16.7 Å². The van der Waals surface area contributed by atoms with Crippen molar-refractivity contribution in [3.63, 3.8) is 0 Å². The summed E-state index contributed by atoms with van der Waals surface area (Å²) in [4.78, 5) is 4.48. The first-order valence-corrected chi connectivity index (χ1v) is 7.86. The average molecular weight is 388 g/mol. The minimum atomic E-state index is -0.378. The number of imidazole rings is 1. The molecule has 0 N–H and O–H groups in total. The summed E-state index contributed by atoms with van der Waals surface area (Å²) in [6.45, 7) is 1.80.